The van der Waals surface area contributed by atoms with Crippen LogP contribution in [0.5, 0.6) is 0 Å². The predicted octanol–water partition coefficient (Wildman–Crippen LogP) is 2.70. The molecule has 0 saturated carbocycles. The van der Waals surface area contributed by atoms with E-state index in [0.29, 0.717) is 11.8 Å². The van der Waals surface area contributed by atoms with E-state index in [1.54, 1.807) is 25.3 Å². The van der Waals surface area contributed by atoms with Crippen LogP contribution in [0, 0.1) is 0 Å². The Labute approximate surface area is 174 Å². The summed E-state index contributed by atoms with van der Waals surface area (Å²) >= 11 is 0. The molecule has 0 aliphatic carbocycles. The summed E-state index contributed by atoms with van der Waals surface area (Å²) in [6.45, 7) is 14.0. The fourth-order valence-corrected chi connectivity index (χ4v) is 3.03. The summed E-state index contributed by atoms with van der Waals surface area (Å²) in [4.78, 5) is 7.00. The molecule has 0 amide bonds. The Morgan fingerprint density at radius 3 is 2.69 bits per heavy atom. The van der Waals surface area contributed by atoms with Crippen LogP contribution in [0.25, 0.3) is 0 Å². The highest BCUT2D eigenvalue weighted by atomic mass is 127. The SMILES string of the molecule is C=C(C)CN1CCC(NC(=NCC(C)(O)c2ccco2)NCC)CC1.I. The second-order valence-electron chi connectivity index (χ2n) is 7.10. The van der Waals surface area contributed by atoms with Gasteiger partial charge in [0.15, 0.2) is 5.96 Å². The number of piperidine rings is 1. The van der Waals surface area contributed by atoms with Gasteiger partial charge >= 0.3 is 0 Å². The van der Waals surface area contributed by atoms with Gasteiger partial charge in [-0.25, -0.2) is 4.99 Å². The lowest BCUT2D eigenvalue weighted by Crippen LogP contribution is -2.49. The molecular formula is C19H33IN4O2. The number of halogens is 1. The van der Waals surface area contributed by atoms with Gasteiger partial charge in [0.1, 0.15) is 11.4 Å². The summed E-state index contributed by atoms with van der Waals surface area (Å²) in [5, 5.41) is 17.3. The minimum absolute atomic E-state index is 0. The van der Waals surface area contributed by atoms with Gasteiger partial charge in [-0.2, -0.15) is 0 Å². The number of aliphatic imine (C=N–C) groups is 1. The first-order chi connectivity index (χ1) is 11.9. The Hall–Kier alpha value is -1.06. The summed E-state index contributed by atoms with van der Waals surface area (Å²) < 4.78 is 5.31. The highest BCUT2D eigenvalue weighted by Gasteiger charge is 2.26. The maximum absolute atomic E-state index is 10.5. The first-order valence-corrected chi connectivity index (χ1v) is 9.08. The van der Waals surface area contributed by atoms with Gasteiger partial charge in [-0.15, -0.1) is 24.0 Å². The van der Waals surface area contributed by atoms with Gasteiger partial charge in [0, 0.05) is 32.2 Å². The lowest BCUT2D eigenvalue weighted by atomic mass is 10.0. The van der Waals surface area contributed by atoms with Gasteiger partial charge in [-0.05, 0) is 45.7 Å². The van der Waals surface area contributed by atoms with E-state index in [1.807, 2.05) is 6.92 Å². The number of nitrogens with one attached hydrogen (secondary N) is 2. The van der Waals surface area contributed by atoms with Crippen LogP contribution in [0.1, 0.15) is 39.4 Å². The van der Waals surface area contributed by atoms with Gasteiger partial charge in [0.05, 0.1) is 12.8 Å². The second-order valence-corrected chi connectivity index (χ2v) is 7.10. The number of nitrogens with zero attached hydrogens (tertiary/aromatic N) is 2. The average Bonchev–Trinajstić information content (AvgIpc) is 3.10. The molecule has 1 aliphatic rings. The van der Waals surface area contributed by atoms with Gasteiger partial charge < -0.3 is 20.2 Å². The Kier molecular flexibility index (Phi) is 9.67. The van der Waals surface area contributed by atoms with Crippen molar-refractivity contribution >= 4 is 29.9 Å². The van der Waals surface area contributed by atoms with E-state index in [2.05, 4.69) is 34.0 Å². The minimum Gasteiger partial charge on any atom is -0.466 e. The maximum Gasteiger partial charge on any atom is 0.191 e. The quantitative estimate of drug-likeness (QED) is 0.244. The molecule has 1 saturated heterocycles. The maximum atomic E-state index is 10.5. The third-order valence-corrected chi connectivity index (χ3v) is 4.36. The molecule has 2 rings (SSSR count). The third kappa shape index (κ3) is 7.28. The smallest absolute Gasteiger partial charge is 0.191 e. The van der Waals surface area contributed by atoms with Gasteiger partial charge in [-0.3, -0.25) is 4.90 Å². The standard InChI is InChI=1S/C19H32N4O2.HI/c1-5-20-18(21-14-19(4,24)17-7-6-12-25-17)22-16-8-10-23(11-9-16)13-15(2)3;/h6-7,12,16,24H,2,5,8-11,13-14H2,1,3-4H3,(H2,20,21,22);1H. The number of hydrogen-bond donors (Lipinski definition) is 3. The van der Waals surface area contributed by atoms with E-state index in [1.165, 1.54) is 5.57 Å². The van der Waals surface area contributed by atoms with Crippen molar-refractivity contribution in [2.45, 2.75) is 45.3 Å². The van der Waals surface area contributed by atoms with Crippen LogP contribution in [0.2, 0.25) is 0 Å². The molecule has 1 atom stereocenters. The van der Waals surface area contributed by atoms with E-state index >= 15 is 0 Å². The summed E-state index contributed by atoms with van der Waals surface area (Å²) in [5.41, 5.74) is 0.0953. The summed E-state index contributed by atoms with van der Waals surface area (Å²) in [6.07, 6.45) is 3.72. The average molecular weight is 476 g/mol. The largest absolute Gasteiger partial charge is 0.466 e. The number of furan rings is 1. The number of likely N-dealkylation sites (tertiary alicyclic amines) is 1. The van der Waals surface area contributed by atoms with E-state index in [4.69, 9.17) is 4.42 Å². The molecule has 1 unspecified atom stereocenters. The minimum atomic E-state index is -1.11. The van der Waals surface area contributed by atoms with Crippen LogP contribution >= 0.6 is 24.0 Å². The lowest BCUT2D eigenvalue weighted by molar-refractivity contribution is 0.0436. The molecule has 0 bridgehead atoms. The topological polar surface area (TPSA) is 73.0 Å². The molecule has 1 aliphatic heterocycles. The fraction of sp³-hybridized carbons (Fsp3) is 0.632. The van der Waals surface area contributed by atoms with Crippen molar-refractivity contribution in [3.05, 3.63) is 36.3 Å². The molecule has 7 heteroatoms. The molecule has 0 radical (unpaired) electrons. The molecule has 2 heterocycles. The van der Waals surface area contributed by atoms with Crippen LogP contribution < -0.4 is 10.6 Å². The van der Waals surface area contributed by atoms with Crippen LogP contribution in [0.4, 0.5) is 0 Å². The van der Waals surface area contributed by atoms with E-state index in [0.717, 1.165) is 45.0 Å². The molecular weight excluding hydrogens is 443 g/mol. The zero-order valence-corrected chi connectivity index (χ0v) is 18.5. The van der Waals surface area contributed by atoms with Crippen molar-refractivity contribution in [3.8, 4) is 0 Å². The first-order valence-electron chi connectivity index (χ1n) is 9.08. The molecule has 0 spiro atoms. The van der Waals surface area contributed by atoms with Crippen molar-refractivity contribution in [3.63, 3.8) is 0 Å². The van der Waals surface area contributed by atoms with Crippen LogP contribution in [-0.4, -0.2) is 54.7 Å². The molecule has 26 heavy (non-hydrogen) atoms. The Morgan fingerprint density at radius 1 is 1.46 bits per heavy atom. The molecule has 6 nitrogen and oxygen atoms in total. The Bertz CT molecular complexity index is 564. The van der Waals surface area contributed by atoms with Crippen molar-refractivity contribution < 1.29 is 9.52 Å². The summed E-state index contributed by atoms with van der Waals surface area (Å²) in [7, 11) is 0. The zero-order chi connectivity index (χ0) is 18.3. The molecule has 1 aromatic heterocycles. The number of aliphatic hydroxyl groups is 1. The lowest BCUT2D eigenvalue weighted by Gasteiger charge is -2.33. The molecule has 148 valence electrons. The van der Waals surface area contributed by atoms with Crippen molar-refractivity contribution in [1.29, 1.82) is 0 Å². The number of rotatable bonds is 7. The first kappa shape index (κ1) is 23.0. The van der Waals surface area contributed by atoms with Crippen molar-refractivity contribution in [2.24, 2.45) is 4.99 Å². The Balaban J connectivity index is 0.00000338. The predicted molar refractivity (Wildman–Crippen MR) is 117 cm³/mol. The summed E-state index contributed by atoms with van der Waals surface area (Å²) in [6, 6.07) is 3.94. The fourth-order valence-electron chi connectivity index (χ4n) is 3.03. The molecule has 1 aromatic rings. The number of hydrogen-bond acceptors (Lipinski definition) is 4. The zero-order valence-electron chi connectivity index (χ0n) is 16.1. The van der Waals surface area contributed by atoms with Gasteiger partial charge in [0.25, 0.3) is 0 Å². The Morgan fingerprint density at radius 2 is 2.15 bits per heavy atom. The molecule has 3 N–H and O–H groups in total. The van der Waals surface area contributed by atoms with Crippen LogP contribution in [0.3, 0.4) is 0 Å². The number of guanidine groups is 1. The molecule has 1 fully saturated rings. The summed E-state index contributed by atoms with van der Waals surface area (Å²) in [5.74, 6) is 1.27. The van der Waals surface area contributed by atoms with Gasteiger partial charge in [-0.1, -0.05) is 12.2 Å². The van der Waals surface area contributed by atoms with Crippen molar-refractivity contribution in [1.82, 2.24) is 15.5 Å². The van der Waals surface area contributed by atoms with E-state index < -0.39 is 5.60 Å². The third-order valence-electron chi connectivity index (χ3n) is 4.36. The monoisotopic (exact) mass is 476 g/mol. The van der Waals surface area contributed by atoms with Crippen molar-refractivity contribution in [2.75, 3.05) is 32.7 Å². The van der Waals surface area contributed by atoms with Gasteiger partial charge in [0.2, 0.25) is 0 Å². The van der Waals surface area contributed by atoms with Crippen LogP contribution in [-0.2, 0) is 5.60 Å². The van der Waals surface area contributed by atoms with Crippen LogP contribution in [0.15, 0.2) is 40.0 Å². The highest BCUT2D eigenvalue weighted by Crippen LogP contribution is 2.21. The second kappa shape index (κ2) is 10.9. The normalized spacial score (nSPS) is 18.7. The van der Waals surface area contributed by atoms with E-state index in [9.17, 15) is 5.11 Å². The highest BCUT2D eigenvalue weighted by molar-refractivity contribution is 14.0. The van der Waals surface area contributed by atoms with E-state index in [-0.39, 0.29) is 30.5 Å². The molecule has 0 aromatic carbocycles.